The van der Waals surface area contributed by atoms with E-state index in [0.717, 1.165) is 5.56 Å². The zero-order valence-corrected chi connectivity index (χ0v) is 15.6. The summed E-state index contributed by atoms with van der Waals surface area (Å²) in [5.41, 5.74) is 1.09. The van der Waals surface area contributed by atoms with Crippen molar-refractivity contribution in [2.24, 2.45) is 0 Å². The van der Waals surface area contributed by atoms with Gasteiger partial charge < -0.3 is 14.2 Å². The lowest BCUT2D eigenvalue weighted by atomic mass is 10.1. The number of sulfonamides is 1. The maximum atomic E-state index is 12.7. The summed E-state index contributed by atoms with van der Waals surface area (Å²) in [7, 11) is -1.03. The zero-order valence-electron chi connectivity index (χ0n) is 14.8. The van der Waals surface area contributed by atoms with Crippen molar-refractivity contribution >= 4 is 21.7 Å². The first-order valence-electron chi connectivity index (χ1n) is 7.89. The van der Waals surface area contributed by atoms with Crippen LogP contribution < -0.4 is 14.2 Å². The van der Waals surface area contributed by atoms with Crippen LogP contribution in [0.4, 0.5) is 5.69 Å². The molecule has 0 unspecified atom stereocenters. The van der Waals surface area contributed by atoms with Gasteiger partial charge >= 0.3 is 5.97 Å². The maximum absolute atomic E-state index is 12.7. The molecule has 0 saturated carbocycles. The maximum Gasteiger partial charge on any atom is 0.310 e. The van der Waals surface area contributed by atoms with Crippen LogP contribution in [-0.4, -0.2) is 35.2 Å². The van der Waals surface area contributed by atoms with Crippen LogP contribution in [-0.2, 0) is 26.0 Å². The van der Waals surface area contributed by atoms with Crippen molar-refractivity contribution in [2.45, 2.75) is 18.2 Å². The van der Waals surface area contributed by atoms with Gasteiger partial charge in [-0.25, -0.2) is 8.42 Å². The fourth-order valence-electron chi connectivity index (χ4n) is 2.27. The molecule has 2 aromatic carbocycles. The third-order valence-corrected chi connectivity index (χ3v) is 4.92. The van der Waals surface area contributed by atoms with Gasteiger partial charge in [0.1, 0.15) is 16.4 Å². The van der Waals surface area contributed by atoms with E-state index in [1.807, 2.05) is 0 Å². The Morgan fingerprint density at radius 1 is 1.04 bits per heavy atom. The summed E-state index contributed by atoms with van der Waals surface area (Å²) in [6, 6.07) is 11.0. The Bertz CT molecular complexity index is 862. The molecule has 1 N–H and O–H groups in total. The lowest BCUT2D eigenvalue weighted by molar-refractivity contribution is -0.142. The number of benzene rings is 2. The van der Waals surface area contributed by atoms with Crippen molar-refractivity contribution in [3.05, 3.63) is 48.0 Å². The van der Waals surface area contributed by atoms with Gasteiger partial charge in [0.25, 0.3) is 10.0 Å². The second-order valence-electron chi connectivity index (χ2n) is 5.30. The van der Waals surface area contributed by atoms with Crippen LogP contribution in [0.5, 0.6) is 11.5 Å². The summed E-state index contributed by atoms with van der Waals surface area (Å²) in [6.45, 7) is 2.06. The molecule has 26 heavy (non-hydrogen) atoms. The van der Waals surface area contributed by atoms with Crippen LogP contribution >= 0.6 is 0 Å². The Morgan fingerprint density at radius 2 is 1.73 bits per heavy atom. The van der Waals surface area contributed by atoms with E-state index in [1.54, 1.807) is 37.3 Å². The minimum absolute atomic E-state index is 0.0325. The van der Waals surface area contributed by atoms with E-state index in [-0.39, 0.29) is 23.0 Å². The van der Waals surface area contributed by atoms with Crippen LogP contribution in [0, 0.1) is 0 Å². The number of methoxy groups -OCH3 is 2. The second kappa shape index (κ2) is 8.57. The van der Waals surface area contributed by atoms with Gasteiger partial charge in [-0.1, -0.05) is 12.1 Å². The van der Waals surface area contributed by atoms with E-state index in [9.17, 15) is 13.2 Å². The van der Waals surface area contributed by atoms with Gasteiger partial charge in [-0.15, -0.1) is 0 Å². The first-order valence-corrected chi connectivity index (χ1v) is 9.37. The summed E-state index contributed by atoms with van der Waals surface area (Å²) in [4.78, 5) is 11.5. The van der Waals surface area contributed by atoms with E-state index in [1.165, 1.54) is 26.4 Å². The van der Waals surface area contributed by atoms with Crippen molar-refractivity contribution in [3.8, 4) is 11.5 Å². The second-order valence-corrected chi connectivity index (χ2v) is 6.95. The number of hydrogen-bond donors (Lipinski definition) is 1. The number of rotatable bonds is 8. The van der Waals surface area contributed by atoms with E-state index < -0.39 is 10.0 Å². The minimum Gasteiger partial charge on any atom is -0.497 e. The van der Waals surface area contributed by atoms with Crippen molar-refractivity contribution in [2.75, 3.05) is 25.5 Å². The van der Waals surface area contributed by atoms with Crippen LogP contribution in [0.3, 0.4) is 0 Å². The van der Waals surface area contributed by atoms with Crippen LogP contribution in [0.25, 0.3) is 0 Å². The first kappa shape index (κ1) is 19.6. The van der Waals surface area contributed by atoms with Crippen molar-refractivity contribution in [1.82, 2.24) is 0 Å². The number of carbonyl (C=O) groups is 1. The quantitative estimate of drug-likeness (QED) is 0.709. The highest BCUT2D eigenvalue weighted by Gasteiger charge is 2.20. The Morgan fingerprint density at radius 3 is 2.31 bits per heavy atom. The predicted molar refractivity (Wildman–Crippen MR) is 97.1 cm³/mol. The lowest BCUT2D eigenvalue weighted by Gasteiger charge is -2.13. The molecule has 8 heteroatoms. The lowest BCUT2D eigenvalue weighted by Crippen LogP contribution is -2.14. The molecular formula is C18H21NO6S. The molecule has 0 amide bonds. The van der Waals surface area contributed by atoms with Crippen LogP contribution in [0.1, 0.15) is 12.5 Å². The number of anilines is 1. The Kier molecular flexibility index (Phi) is 6.46. The summed E-state index contributed by atoms with van der Waals surface area (Å²) >= 11 is 0. The largest absolute Gasteiger partial charge is 0.497 e. The monoisotopic (exact) mass is 379 g/mol. The Labute approximate surface area is 152 Å². The number of esters is 1. The highest BCUT2D eigenvalue weighted by molar-refractivity contribution is 7.92. The molecule has 0 aliphatic heterocycles. The van der Waals surface area contributed by atoms with E-state index in [2.05, 4.69) is 4.72 Å². The number of nitrogens with one attached hydrogen (secondary N) is 1. The molecule has 2 aromatic rings. The van der Waals surface area contributed by atoms with Crippen molar-refractivity contribution < 1.29 is 27.4 Å². The molecule has 0 aliphatic carbocycles. The average Bonchev–Trinajstić information content (AvgIpc) is 2.62. The topological polar surface area (TPSA) is 90.9 Å². The van der Waals surface area contributed by atoms with Crippen molar-refractivity contribution in [1.29, 1.82) is 0 Å². The Hall–Kier alpha value is -2.74. The average molecular weight is 379 g/mol. The fraction of sp³-hybridized carbons (Fsp3) is 0.278. The predicted octanol–water partition coefficient (Wildman–Crippen LogP) is 2.61. The van der Waals surface area contributed by atoms with E-state index in [4.69, 9.17) is 14.2 Å². The molecule has 7 nitrogen and oxygen atoms in total. The third kappa shape index (κ3) is 4.89. The SMILES string of the molecule is CCOC(=O)Cc1ccc(NS(=O)(=O)c2cc(OC)ccc2OC)cc1. The molecule has 0 fully saturated rings. The van der Waals surface area contributed by atoms with E-state index >= 15 is 0 Å². The molecule has 0 aromatic heterocycles. The van der Waals surface area contributed by atoms with Crippen LogP contribution in [0.15, 0.2) is 47.4 Å². The van der Waals surface area contributed by atoms with Gasteiger partial charge in [-0.2, -0.15) is 0 Å². The fourth-order valence-corrected chi connectivity index (χ4v) is 3.52. The highest BCUT2D eigenvalue weighted by atomic mass is 32.2. The standard InChI is InChI=1S/C18H21NO6S/c1-4-25-18(20)11-13-5-7-14(8-6-13)19-26(21,22)17-12-15(23-2)9-10-16(17)24-3/h5-10,12,19H,4,11H2,1-3H3. The molecule has 0 heterocycles. The van der Waals surface area contributed by atoms with Gasteiger partial charge in [0.15, 0.2) is 0 Å². The zero-order chi connectivity index (χ0) is 19.2. The summed E-state index contributed by atoms with van der Waals surface area (Å²) < 4.78 is 42.9. The normalized spacial score (nSPS) is 10.9. The van der Waals surface area contributed by atoms with Gasteiger partial charge in [0.2, 0.25) is 0 Å². The highest BCUT2D eigenvalue weighted by Crippen LogP contribution is 2.29. The third-order valence-electron chi connectivity index (χ3n) is 3.52. The Balaban J connectivity index is 2.20. The molecule has 140 valence electrons. The molecule has 2 rings (SSSR count). The van der Waals surface area contributed by atoms with Gasteiger partial charge in [-0.05, 0) is 36.8 Å². The summed E-state index contributed by atoms with van der Waals surface area (Å²) in [5, 5.41) is 0. The molecule has 0 saturated heterocycles. The molecule has 0 spiro atoms. The number of ether oxygens (including phenoxy) is 3. The summed E-state index contributed by atoms with van der Waals surface area (Å²) in [5.74, 6) is 0.273. The first-order chi connectivity index (χ1) is 12.4. The summed E-state index contributed by atoms with van der Waals surface area (Å²) in [6.07, 6.45) is 0.130. The van der Waals surface area contributed by atoms with Gasteiger partial charge in [0, 0.05) is 11.8 Å². The molecule has 0 radical (unpaired) electrons. The smallest absolute Gasteiger partial charge is 0.310 e. The molecule has 0 atom stereocenters. The molecule has 0 aliphatic rings. The minimum atomic E-state index is -3.88. The number of hydrogen-bond acceptors (Lipinski definition) is 6. The molecular weight excluding hydrogens is 358 g/mol. The van der Waals surface area contributed by atoms with Crippen LogP contribution in [0.2, 0.25) is 0 Å². The van der Waals surface area contributed by atoms with E-state index in [0.29, 0.717) is 18.0 Å². The van der Waals surface area contributed by atoms with Gasteiger partial charge in [-0.3, -0.25) is 9.52 Å². The number of carbonyl (C=O) groups excluding carboxylic acids is 1. The molecule has 0 bridgehead atoms. The van der Waals surface area contributed by atoms with Gasteiger partial charge in [0.05, 0.1) is 27.2 Å². The van der Waals surface area contributed by atoms with Crippen molar-refractivity contribution in [3.63, 3.8) is 0 Å².